The van der Waals surface area contributed by atoms with Gasteiger partial charge in [-0.15, -0.1) is 0 Å². The minimum Gasteiger partial charge on any atom is -0.392 e. The zero-order chi connectivity index (χ0) is 7.98. The maximum atomic E-state index is 8.86. The van der Waals surface area contributed by atoms with Crippen molar-refractivity contribution in [2.75, 3.05) is 20.4 Å². The van der Waals surface area contributed by atoms with Gasteiger partial charge in [0.25, 0.3) is 0 Å². The van der Waals surface area contributed by atoms with Gasteiger partial charge < -0.3 is 14.4 Å². The molecule has 0 spiro atoms. The van der Waals surface area contributed by atoms with Crippen LogP contribution in [0.4, 0.5) is 0 Å². The molecule has 0 rings (SSSR count). The van der Waals surface area contributed by atoms with Crippen LogP contribution in [0.15, 0.2) is 0 Å². The van der Waals surface area contributed by atoms with E-state index in [1.807, 2.05) is 0 Å². The van der Waals surface area contributed by atoms with Crippen molar-refractivity contribution in [3.8, 4) is 0 Å². The molecule has 0 saturated carbocycles. The molecule has 4 nitrogen and oxygen atoms in total. The Morgan fingerprint density at radius 3 is 2.60 bits per heavy atom. The zero-order valence-corrected chi connectivity index (χ0v) is 6.97. The minimum atomic E-state index is -0.449. The Kier molecular flexibility index (Phi) is 6.05. The van der Waals surface area contributed by atoms with Gasteiger partial charge in [-0.1, -0.05) is 0 Å². The number of rotatable bonds is 5. The lowest BCUT2D eigenvalue weighted by Crippen LogP contribution is -2.26. The van der Waals surface area contributed by atoms with Gasteiger partial charge in [0.1, 0.15) is 6.73 Å². The number of aliphatic hydroxyl groups excluding tert-OH is 2. The van der Waals surface area contributed by atoms with Crippen LogP contribution < -0.4 is 0 Å². The van der Waals surface area contributed by atoms with E-state index >= 15 is 0 Å². The van der Waals surface area contributed by atoms with Crippen LogP contribution in [0.5, 0.6) is 0 Å². The third-order valence-electron chi connectivity index (χ3n) is 0.806. The van der Waals surface area contributed by atoms with E-state index in [9.17, 15) is 0 Å². The third kappa shape index (κ3) is 5.01. The summed E-state index contributed by atoms with van der Waals surface area (Å²) in [6, 6.07) is 0. The van der Waals surface area contributed by atoms with Crippen LogP contribution in [0.25, 0.3) is 0 Å². The highest BCUT2D eigenvalue weighted by Crippen LogP contribution is 2.08. The number of nitrogens with zero attached hydrogens (tertiary/aromatic N) is 1. The van der Waals surface area contributed by atoms with Crippen molar-refractivity contribution in [3.63, 3.8) is 0 Å². The number of hydrogen-bond acceptors (Lipinski definition) is 5. The highest BCUT2D eigenvalue weighted by molar-refractivity contribution is 7.92. The molecule has 0 aliphatic heterocycles. The van der Waals surface area contributed by atoms with Gasteiger partial charge in [-0.05, 0) is 6.92 Å². The van der Waals surface area contributed by atoms with Crippen LogP contribution in [0.2, 0.25) is 0 Å². The van der Waals surface area contributed by atoms with Crippen molar-refractivity contribution in [2.45, 2.75) is 13.0 Å². The molecule has 0 aromatic rings. The van der Waals surface area contributed by atoms with Crippen LogP contribution in [0, 0.1) is 0 Å². The molecule has 0 heterocycles. The number of hydrogen-bond donors (Lipinski definition) is 2. The van der Waals surface area contributed by atoms with Crippen molar-refractivity contribution >= 4 is 12.2 Å². The molecule has 1 atom stereocenters. The third-order valence-corrected chi connectivity index (χ3v) is 1.43. The summed E-state index contributed by atoms with van der Waals surface area (Å²) in [6.07, 6.45) is -0.449. The highest BCUT2D eigenvalue weighted by atomic mass is 32.2. The van der Waals surface area contributed by atoms with E-state index in [2.05, 4.69) is 4.18 Å². The van der Waals surface area contributed by atoms with Gasteiger partial charge >= 0.3 is 0 Å². The van der Waals surface area contributed by atoms with Gasteiger partial charge in [-0.2, -0.15) is 4.31 Å². The van der Waals surface area contributed by atoms with Crippen LogP contribution in [0.1, 0.15) is 6.92 Å². The summed E-state index contributed by atoms with van der Waals surface area (Å²) >= 11 is 1.03. The monoisotopic (exact) mass is 167 g/mol. The van der Waals surface area contributed by atoms with E-state index in [0.717, 1.165) is 12.2 Å². The molecule has 0 fully saturated rings. The molecule has 2 N–H and O–H groups in total. The summed E-state index contributed by atoms with van der Waals surface area (Å²) in [5, 5.41) is 17.5. The average molecular weight is 167 g/mol. The summed E-state index contributed by atoms with van der Waals surface area (Å²) < 4.78 is 6.17. The summed E-state index contributed by atoms with van der Waals surface area (Å²) in [5.41, 5.74) is 0. The van der Waals surface area contributed by atoms with Gasteiger partial charge in [-0.25, -0.2) is 0 Å². The van der Waals surface area contributed by atoms with Crippen molar-refractivity contribution in [3.05, 3.63) is 0 Å². The van der Waals surface area contributed by atoms with Gasteiger partial charge in [0.15, 0.2) is 0 Å². The molecular formula is C5H13NO3S. The Morgan fingerprint density at radius 1 is 1.70 bits per heavy atom. The van der Waals surface area contributed by atoms with Crippen LogP contribution >= 0.6 is 12.2 Å². The quantitative estimate of drug-likeness (QED) is 0.338. The average Bonchev–Trinajstić information content (AvgIpc) is 1.86. The molecule has 0 aliphatic rings. The second-order valence-electron chi connectivity index (χ2n) is 1.90. The van der Waals surface area contributed by atoms with Crippen molar-refractivity contribution in [1.82, 2.24) is 4.31 Å². The smallest absolute Gasteiger partial charge is 0.107 e. The normalized spacial score (nSPS) is 14.1. The fourth-order valence-electron chi connectivity index (χ4n) is 0.512. The van der Waals surface area contributed by atoms with Gasteiger partial charge in [-0.3, -0.25) is 0 Å². The molecule has 0 aromatic heterocycles. The molecule has 0 aromatic carbocycles. The van der Waals surface area contributed by atoms with Crippen molar-refractivity contribution < 1.29 is 14.4 Å². The molecule has 0 aliphatic carbocycles. The van der Waals surface area contributed by atoms with Crippen LogP contribution in [-0.2, 0) is 4.18 Å². The van der Waals surface area contributed by atoms with E-state index in [4.69, 9.17) is 10.2 Å². The second kappa shape index (κ2) is 5.94. The fourth-order valence-corrected chi connectivity index (χ4v) is 1.05. The first-order valence-electron chi connectivity index (χ1n) is 2.95. The van der Waals surface area contributed by atoms with Gasteiger partial charge in [0.05, 0.1) is 25.4 Å². The summed E-state index contributed by atoms with van der Waals surface area (Å²) in [4.78, 5) is 0. The maximum Gasteiger partial charge on any atom is 0.107 e. The van der Waals surface area contributed by atoms with Crippen molar-refractivity contribution in [1.29, 1.82) is 0 Å². The minimum absolute atomic E-state index is 0.122. The van der Waals surface area contributed by atoms with E-state index < -0.39 is 6.10 Å². The molecule has 0 saturated heterocycles. The first-order chi connectivity index (χ1) is 4.70. The van der Waals surface area contributed by atoms with E-state index in [1.54, 1.807) is 6.92 Å². The molecule has 0 bridgehead atoms. The summed E-state index contributed by atoms with van der Waals surface area (Å²) in [6.45, 7) is 1.93. The highest BCUT2D eigenvalue weighted by Gasteiger charge is 2.06. The molecule has 10 heavy (non-hydrogen) atoms. The molecule has 1 unspecified atom stereocenters. The molecule has 0 radical (unpaired) electrons. The molecule has 5 heteroatoms. The standard InChI is InChI=1S/C5H13NO3S/c1-5(8)3-6(4-7)10-9-2/h5,7-8H,3-4H2,1-2H3. The van der Waals surface area contributed by atoms with Crippen LogP contribution in [0.3, 0.4) is 0 Å². The maximum absolute atomic E-state index is 8.86. The van der Waals surface area contributed by atoms with E-state index in [0.29, 0.717) is 6.54 Å². The Bertz CT molecular complexity index is 81.3. The van der Waals surface area contributed by atoms with Crippen LogP contribution in [-0.4, -0.2) is 41.0 Å². The molecule has 62 valence electrons. The Labute approximate surface area is 65.1 Å². The Morgan fingerprint density at radius 2 is 2.30 bits per heavy atom. The van der Waals surface area contributed by atoms with E-state index in [-0.39, 0.29) is 6.73 Å². The lowest BCUT2D eigenvalue weighted by molar-refractivity contribution is 0.116. The first-order valence-corrected chi connectivity index (χ1v) is 3.65. The molecule has 0 amide bonds. The topological polar surface area (TPSA) is 52.9 Å². The summed E-state index contributed by atoms with van der Waals surface area (Å²) in [7, 11) is 1.51. The Hall–Kier alpha value is 0.190. The lowest BCUT2D eigenvalue weighted by atomic mass is 10.4. The SMILES string of the molecule is COSN(CO)CC(C)O. The Balaban J connectivity index is 3.39. The fraction of sp³-hybridized carbons (Fsp3) is 1.00. The summed E-state index contributed by atoms with van der Waals surface area (Å²) in [5.74, 6) is 0. The number of aliphatic hydroxyl groups is 2. The zero-order valence-electron chi connectivity index (χ0n) is 6.15. The predicted molar refractivity (Wildman–Crippen MR) is 40.1 cm³/mol. The first kappa shape index (κ1) is 10.2. The lowest BCUT2D eigenvalue weighted by Gasteiger charge is -2.16. The van der Waals surface area contributed by atoms with Gasteiger partial charge in [0.2, 0.25) is 0 Å². The largest absolute Gasteiger partial charge is 0.392 e. The molecular weight excluding hydrogens is 154 g/mol. The van der Waals surface area contributed by atoms with E-state index in [1.165, 1.54) is 11.4 Å². The predicted octanol–water partition coefficient (Wildman–Crippen LogP) is -0.171. The van der Waals surface area contributed by atoms with Gasteiger partial charge in [0, 0.05) is 6.54 Å². The van der Waals surface area contributed by atoms with Crippen molar-refractivity contribution in [2.24, 2.45) is 0 Å². The second-order valence-corrected chi connectivity index (χ2v) is 2.89.